The number of anilines is 2. The van der Waals surface area contributed by atoms with E-state index in [2.05, 4.69) is 25.6 Å². The molecule has 0 aliphatic heterocycles. The van der Waals surface area contributed by atoms with Crippen LogP contribution in [-0.4, -0.2) is 23.4 Å². The van der Waals surface area contributed by atoms with E-state index in [1.807, 2.05) is 6.92 Å². The monoisotopic (exact) mass is 294 g/mol. The summed E-state index contributed by atoms with van der Waals surface area (Å²) in [6.45, 7) is 3.50. The number of carbonyl (C=O) groups is 1. The maximum absolute atomic E-state index is 13.8. The maximum atomic E-state index is 13.8. The van der Waals surface area contributed by atoms with Gasteiger partial charge in [-0.15, -0.1) is 10.2 Å². The van der Waals surface area contributed by atoms with Gasteiger partial charge in [0, 0.05) is 12.6 Å². The van der Waals surface area contributed by atoms with E-state index in [1.54, 1.807) is 13.0 Å². The third kappa shape index (κ3) is 3.68. The van der Waals surface area contributed by atoms with Crippen molar-refractivity contribution in [1.29, 1.82) is 0 Å². The minimum atomic E-state index is -0.732. The van der Waals surface area contributed by atoms with E-state index in [0.29, 0.717) is 17.5 Å². The summed E-state index contributed by atoms with van der Waals surface area (Å²) >= 11 is 0. The maximum Gasteiger partial charge on any atom is 0.411 e. The lowest BCUT2D eigenvalue weighted by molar-refractivity contribution is 0.187. The predicted octanol–water partition coefficient (Wildman–Crippen LogP) is 2.87. The second-order valence-corrected chi connectivity index (χ2v) is 4.34. The van der Waals surface area contributed by atoms with E-state index in [4.69, 9.17) is 4.42 Å². The molecule has 2 aromatic rings. The number of methoxy groups -OCH3 is 1. The molecule has 0 saturated heterocycles. The molecule has 1 atom stereocenters. The Kier molecular flexibility index (Phi) is 4.36. The lowest BCUT2D eigenvalue weighted by Crippen LogP contribution is -2.12. The highest BCUT2D eigenvalue weighted by Gasteiger charge is 2.14. The van der Waals surface area contributed by atoms with Gasteiger partial charge in [0.2, 0.25) is 11.8 Å². The summed E-state index contributed by atoms with van der Waals surface area (Å²) in [5.74, 6) is 0.284. The normalized spacial score (nSPS) is 11.8. The van der Waals surface area contributed by atoms with Crippen LogP contribution in [0.25, 0.3) is 0 Å². The third-order valence-electron chi connectivity index (χ3n) is 2.69. The van der Waals surface area contributed by atoms with Gasteiger partial charge in [-0.3, -0.25) is 5.32 Å². The summed E-state index contributed by atoms with van der Waals surface area (Å²) in [6, 6.07) is 4.03. The summed E-state index contributed by atoms with van der Waals surface area (Å²) in [6.07, 6.45) is -0.732. The van der Waals surface area contributed by atoms with Crippen LogP contribution in [0.4, 0.5) is 20.6 Å². The summed E-state index contributed by atoms with van der Waals surface area (Å²) in [5, 5.41) is 12.9. The second kappa shape index (κ2) is 6.21. The minimum Gasteiger partial charge on any atom is -0.453 e. The van der Waals surface area contributed by atoms with Crippen molar-refractivity contribution in [2.24, 2.45) is 0 Å². The molecule has 0 bridgehead atoms. The standard InChI is InChI=1S/C13H15FN4O3/c1-7(12-18-17-8(2)21-12)15-9-4-5-11(10(14)6-9)16-13(19)20-3/h4-7,15H,1-3H3,(H,16,19)/t7-/m0/s1. The quantitative estimate of drug-likeness (QED) is 0.901. The van der Waals surface area contributed by atoms with Crippen molar-refractivity contribution in [3.8, 4) is 0 Å². The SMILES string of the molecule is COC(=O)Nc1ccc(N[C@@H](C)c2nnc(C)o2)cc1F. The molecule has 0 radical (unpaired) electrons. The molecule has 21 heavy (non-hydrogen) atoms. The van der Waals surface area contributed by atoms with Crippen LogP contribution in [0.15, 0.2) is 22.6 Å². The first-order valence-corrected chi connectivity index (χ1v) is 6.20. The van der Waals surface area contributed by atoms with Gasteiger partial charge in [0.1, 0.15) is 11.9 Å². The summed E-state index contributed by atoms with van der Waals surface area (Å²) in [5.41, 5.74) is 0.556. The molecule has 0 saturated carbocycles. The number of hydrogen-bond donors (Lipinski definition) is 2. The number of halogens is 1. The fourth-order valence-corrected chi connectivity index (χ4v) is 1.67. The average molecular weight is 294 g/mol. The Balaban J connectivity index is 2.07. The molecule has 1 aromatic heterocycles. The highest BCUT2D eigenvalue weighted by atomic mass is 19.1. The lowest BCUT2D eigenvalue weighted by Gasteiger charge is -2.12. The largest absolute Gasteiger partial charge is 0.453 e. The fourth-order valence-electron chi connectivity index (χ4n) is 1.67. The molecule has 112 valence electrons. The van der Waals surface area contributed by atoms with Crippen LogP contribution in [0.3, 0.4) is 0 Å². The van der Waals surface area contributed by atoms with E-state index >= 15 is 0 Å². The van der Waals surface area contributed by atoms with Crippen molar-refractivity contribution in [2.75, 3.05) is 17.7 Å². The van der Waals surface area contributed by atoms with Gasteiger partial charge in [0.25, 0.3) is 0 Å². The van der Waals surface area contributed by atoms with Crippen molar-refractivity contribution in [3.63, 3.8) is 0 Å². The van der Waals surface area contributed by atoms with Crippen LogP contribution in [0.1, 0.15) is 24.7 Å². The minimum absolute atomic E-state index is 0.0358. The Morgan fingerprint density at radius 2 is 2.19 bits per heavy atom. The zero-order valence-electron chi connectivity index (χ0n) is 11.8. The number of nitrogens with zero attached hydrogens (tertiary/aromatic N) is 2. The highest BCUT2D eigenvalue weighted by Crippen LogP contribution is 2.23. The first-order chi connectivity index (χ1) is 9.99. The number of aryl methyl sites for hydroxylation is 1. The van der Waals surface area contributed by atoms with Crippen molar-refractivity contribution < 1.29 is 18.3 Å². The number of nitrogens with one attached hydrogen (secondary N) is 2. The molecule has 1 amide bonds. The average Bonchev–Trinajstić information content (AvgIpc) is 2.88. The van der Waals surface area contributed by atoms with Gasteiger partial charge in [-0.1, -0.05) is 0 Å². The molecule has 8 heteroatoms. The Hall–Kier alpha value is -2.64. The van der Waals surface area contributed by atoms with E-state index in [9.17, 15) is 9.18 Å². The molecule has 1 heterocycles. The van der Waals surface area contributed by atoms with Gasteiger partial charge in [-0.05, 0) is 25.1 Å². The molecule has 7 nitrogen and oxygen atoms in total. The lowest BCUT2D eigenvalue weighted by atomic mass is 10.2. The fraction of sp³-hybridized carbons (Fsp3) is 0.308. The zero-order chi connectivity index (χ0) is 15.4. The van der Waals surface area contributed by atoms with Gasteiger partial charge in [-0.25, -0.2) is 9.18 Å². The topological polar surface area (TPSA) is 89.3 Å². The van der Waals surface area contributed by atoms with Gasteiger partial charge in [-0.2, -0.15) is 0 Å². The predicted molar refractivity (Wildman–Crippen MR) is 73.5 cm³/mol. The molecule has 0 unspecified atom stereocenters. The first-order valence-electron chi connectivity index (χ1n) is 6.20. The molecule has 0 fully saturated rings. The van der Waals surface area contributed by atoms with E-state index in [1.165, 1.54) is 19.2 Å². The first kappa shape index (κ1) is 14.8. The molecular weight excluding hydrogens is 279 g/mol. The van der Waals surface area contributed by atoms with Crippen molar-refractivity contribution >= 4 is 17.5 Å². The summed E-state index contributed by atoms with van der Waals surface area (Å²) < 4.78 is 23.5. The number of rotatable bonds is 4. The number of hydrogen-bond acceptors (Lipinski definition) is 6. The smallest absolute Gasteiger partial charge is 0.411 e. The Bertz CT molecular complexity index is 644. The van der Waals surface area contributed by atoms with Crippen molar-refractivity contribution in [2.45, 2.75) is 19.9 Å². The number of carbonyl (C=O) groups excluding carboxylic acids is 1. The molecule has 2 N–H and O–H groups in total. The third-order valence-corrected chi connectivity index (χ3v) is 2.69. The van der Waals surface area contributed by atoms with E-state index in [0.717, 1.165) is 0 Å². The van der Waals surface area contributed by atoms with Crippen LogP contribution < -0.4 is 10.6 Å². The van der Waals surface area contributed by atoms with Gasteiger partial charge in [0.05, 0.1) is 12.8 Å². The van der Waals surface area contributed by atoms with Gasteiger partial charge < -0.3 is 14.5 Å². The Morgan fingerprint density at radius 3 is 2.76 bits per heavy atom. The van der Waals surface area contributed by atoms with Crippen LogP contribution in [-0.2, 0) is 4.74 Å². The molecule has 0 aliphatic carbocycles. The number of aromatic nitrogens is 2. The molecule has 0 spiro atoms. The molecular formula is C13H15FN4O3. The van der Waals surface area contributed by atoms with Gasteiger partial charge >= 0.3 is 6.09 Å². The summed E-state index contributed by atoms with van der Waals surface area (Å²) in [4.78, 5) is 11.0. The number of ether oxygens (including phenoxy) is 1. The molecule has 2 rings (SSSR count). The van der Waals surface area contributed by atoms with E-state index < -0.39 is 11.9 Å². The van der Waals surface area contributed by atoms with Crippen LogP contribution in [0.5, 0.6) is 0 Å². The van der Waals surface area contributed by atoms with E-state index in [-0.39, 0.29) is 11.7 Å². The zero-order valence-corrected chi connectivity index (χ0v) is 11.8. The molecule has 1 aromatic carbocycles. The molecule has 0 aliphatic rings. The van der Waals surface area contributed by atoms with Crippen LogP contribution >= 0.6 is 0 Å². The van der Waals surface area contributed by atoms with Crippen molar-refractivity contribution in [3.05, 3.63) is 35.8 Å². The number of benzene rings is 1. The van der Waals surface area contributed by atoms with Crippen LogP contribution in [0.2, 0.25) is 0 Å². The second-order valence-electron chi connectivity index (χ2n) is 4.34. The highest BCUT2D eigenvalue weighted by molar-refractivity contribution is 5.84. The summed E-state index contributed by atoms with van der Waals surface area (Å²) in [7, 11) is 1.21. The van der Waals surface area contributed by atoms with Crippen molar-refractivity contribution in [1.82, 2.24) is 10.2 Å². The Labute approximate surface area is 120 Å². The Morgan fingerprint density at radius 1 is 1.43 bits per heavy atom. The van der Waals surface area contributed by atoms with Gasteiger partial charge in [0.15, 0.2) is 0 Å². The number of amides is 1. The van der Waals surface area contributed by atoms with Crippen LogP contribution in [0, 0.1) is 12.7 Å².